The second-order valence-electron chi connectivity index (χ2n) is 8.61. The fourth-order valence-electron chi connectivity index (χ4n) is 4.49. The van der Waals surface area contributed by atoms with E-state index in [-0.39, 0.29) is 11.8 Å². The lowest BCUT2D eigenvalue weighted by molar-refractivity contribution is 0.572. The number of hydrogen-bond donors (Lipinski definition) is 4. The number of nitrogen functional groups attached to an aromatic ring is 1. The Morgan fingerprint density at radius 3 is 2.55 bits per heavy atom. The lowest BCUT2D eigenvalue weighted by atomic mass is 10.1. The molecule has 2 aromatic heterocycles. The summed E-state index contributed by atoms with van der Waals surface area (Å²) < 4.78 is 26.5. The number of aromatic nitrogens is 4. The van der Waals surface area contributed by atoms with Crippen molar-refractivity contribution in [3.8, 4) is 22.8 Å². The van der Waals surface area contributed by atoms with Crippen molar-refractivity contribution < 1.29 is 8.42 Å². The highest BCUT2D eigenvalue weighted by molar-refractivity contribution is 7.89. The van der Waals surface area contributed by atoms with E-state index in [1.807, 2.05) is 7.05 Å². The number of imidazole rings is 1. The van der Waals surface area contributed by atoms with Gasteiger partial charge in [0.05, 0.1) is 23.8 Å². The van der Waals surface area contributed by atoms with Gasteiger partial charge in [-0.15, -0.1) is 0 Å². The van der Waals surface area contributed by atoms with E-state index < -0.39 is 10.0 Å². The molecule has 0 amide bonds. The van der Waals surface area contributed by atoms with E-state index in [2.05, 4.69) is 54.2 Å². The molecule has 1 saturated carbocycles. The van der Waals surface area contributed by atoms with Crippen LogP contribution in [-0.2, 0) is 16.6 Å². The molecule has 0 spiro atoms. The molecule has 3 heterocycles. The van der Waals surface area contributed by atoms with E-state index in [4.69, 9.17) is 10.7 Å². The number of hydrogen-bond acceptors (Lipinski definition) is 8. The van der Waals surface area contributed by atoms with Crippen LogP contribution in [0.25, 0.3) is 22.8 Å². The molecule has 11 heteroatoms. The van der Waals surface area contributed by atoms with Gasteiger partial charge in [0.15, 0.2) is 17.3 Å². The number of rotatable bonds is 8. The standard InChI is InChI=1S/C22H28N8O2S/c1-3-33(31,32)29-19-15-11-30(12-16(15)19)18-10-25-21(23)20(28-18)22-26-9-17(27-22)14-6-4-13(5-7-14)8-24-2/h4-7,9-10,15-16,19,24,29H,3,8,11-12H2,1-2H3,(H2,23,25)(H,26,27)/t15-,16+,19?. The van der Waals surface area contributed by atoms with Gasteiger partial charge in [-0.25, -0.2) is 28.1 Å². The molecule has 33 heavy (non-hydrogen) atoms. The first kappa shape index (κ1) is 21.8. The van der Waals surface area contributed by atoms with Gasteiger partial charge in [-0.05, 0) is 36.9 Å². The Kier molecular flexibility index (Phi) is 5.55. The Labute approximate surface area is 193 Å². The highest BCUT2D eigenvalue weighted by Gasteiger charge is 2.57. The maximum absolute atomic E-state index is 11.8. The topological polar surface area (TPSA) is 142 Å². The van der Waals surface area contributed by atoms with Gasteiger partial charge in [-0.3, -0.25) is 0 Å². The van der Waals surface area contributed by atoms with E-state index >= 15 is 0 Å². The summed E-state index contributed by atoms with van der Waals surface area (Å²) in [6.07, 6.45) is 3.44. The van der Waals surface area contributed by atoms with E-state index in [0.717, 1.165) is 36.7 Å². The molecule has 1 aromatic carbocycles. The van der Waals surface area contributed by atoms with Gasteiger partial charge in [0.25, 0.3) is 0 Å². The van der Waals surface area contributed by atoms with Gasteiger partial charge in [0.1, 0.15) is 5.82 Å². The number of H-pyrrole nitrogens is 1. The molecular formula is C22H28N8O2S. The number of aromatic amines is 1. The van der Waals surface area contributed by atoms with Crippen LogP contribution < -0.4 is 20.7 Å². The molecule has 0 bridgehead atoms. The van der Waals surface area contributed by atoms with Crippen LogP contribution in [0.1, 0.15) is 12.5 Å². The van der Waals surface area contributed by atoms with Crippen LogP contribution in [0, 0.1) is 11.8 Å². The molecular weight excluding hydrogens is 440 g/mol. The van der Waals surface area contributed by atoms with Crippen molar-refractivity contribution in [3.63, 3.8) is 0 Å². The van der Waals surface area contributed by atoms with Crippen LogP contribution in [0.15, 0.2) is 36.7 Å². The van der Waals surface area contributed by atoms with Gasteiger partial charge < -0.3 is 20.9 Å². The zero-order valence-corrected chi connectivity index (χ0v) is 19.4. The van der Waals surface area contributed by atoms with Crippen LogP contribution in [0.4, 0.5) is 11.6 Å². The normalized spacial score (nSPS) is 21.9. The zero-order chi connectivity index (χ0) is 23.2. The minimum absolute atomic E-state index is 0.0274. The Bertz CT molecular complexity index is 1250. The van der Waals surface area contributed by atoms with Gasteiger partial charge in [-0.1, -0.05) is 24.3 Å². The molecule has 0 radical (unpaired) electrons. The number of nitrogens with zero attached hydrogens (tertiary/aromatic N) is 4. The molecule has 3 aromatic rings. The van der Waals surface area contributed by atoms with Crippen LogP contribution in [0.3, 0.4) is 0 Å². The van der Waals surface area contributed by atoms with Crippen molar-refractivity contribution in [2.45, 2.75) is 19.5 Å². The molecule has 5 rings (SSSR count). The molecule has 3 atom stereocenters. The molecule has 5 N–H and O–H groups in total. The largest absolute Gasteiger partial charge is 0.382 e. The first-order chi connectivity index (χ1) is 15.9. The lowest BCUT2D eigenvalue weighted by Crippen LogP contribution is -2.35. The summed E-state index contributed by atoms with van der Waals surface area (Å²) in [5, 5.41) is 3.14. The first-order valence-corrected chi connectivity index (χ1v) is 12.7. The average Bonchev–Trinajstić information content (AvgIpc) is 3.20. The SMILES string of the molecule is CCS(=O)(=O)NC1[C@H]2CN(c3cnc(N)c(-c4ncc(-c5ccc(CNC)cc5)[nH]4)n3)C[C@@H]12. The van der Waals surface area contributed by atoms with Crippen molar-refractivity contribution in [2.75, 3.05) is 36.5 Å². The summed E-state index contributed by atoms with van der Waals surface area (Å²) in [7, 11) is -1.26. The van der Waals surface area contributed by atoms with Crippen LogP contribution in [0.2, 0.25) is 0 Å². The molecule has 1 unspecified atom stereocenters. The molecule has 1 saturated heterocycles. The highest BCUT2D eigenvalue weighted by atomic mass is 32.2. The van der Waals surface area contributed by atoms with Crippen molar-refractivity contribution >= 4 is 21.7 Å². The monoisotopic (exact) mass is 468 g/mol. The van der Waals surface area contributed by atoms with Gasteiger partial charge >= 0.3 is 0 Å². The molecule has 2 aliphatic rings. The Hall–Kier alpha value is -3.02. The van der Waals surface area contributed by atoms with Crippen molar-refractivity contribution in [1.29, 1.82) is 0 Å². The van der Waals surface area contributed by atoms with Gasteiger partial charge in [-0.2, -0.15) is 0 Å². The first-order valence-electron chi connectivity index (χ1n) is 11.0. The number of piperidine rings is 1. The highest BCUT2D eigenvalue weighted by Crippen LogP contribution is 2.47. The maximum Gasteiger partial charge on any atom is 0.211 e. The Morgan fingerprint density at radius 2 is 1.88 bits per heavy atom. The minimum Gasteiger partial charge on any atom is -0.382 e. The number of benzene rings is 1. The smallest absolute Gasteiger partial charge is 0.211 e. The Balaban J connectivity index is 1.31. The molecule has 10 nitrogen and oxygen atoms in total. The van der Waals surface area contributed by atoms with Gasteiger partial charge in [0, 0.05) is 25.7 Å². The van der Waals surface area contributed by atoms with Crippen LogP contribution in [-0.4, -0.2) is 60.3 Å². The number of nitrogens with two attached hydrogens (primary N) is 1. The summed E-state index contributed by atoms with van der Waals surface area (Å²) in [6.45, 7) is 3.94. The fourth-order valence-corrected chi connectivity index (χ4v) is 5.42. The fraction of sp³-hybridized carbons (Fsp3) is 0.409. The summed E-state index contributed by atoms with van der Waals surface area (Å²) in [5.74, 6) is 2.30. The van der Waals surface area contributed by atoms with Gasteiger partial charge in [0.2, 0.25) is 10.0 Å². The average molecular weight is 469 g/mol. The van der Waals surface area contributed by atoms with Crippen LogP contribution in [0.5, 0.6) is 0 Å². The summed E-state index contributed by atoms with van der Waals surface area (Å²) in [4.78, 5) is 19.0. The molecule has 174 valence electrons. The second kappa shape index (κ2) is 8.40. The van der Waals surface area contributed by atoms with E-state index in [0.29, 0.717) is 29.2 Å². The van der Waals surface area contributed by atoms with E-state index in [1.54, 1.807) is 19.3 Å². The summed E-state index contributed by atoms with van der Waals surface area (Å²) in [5.41, 5.74) is 9.74. The van der Waals surface area contributed by atoms with E-state index in [1.165, 1.54) is 5.56 Å². The third-order valence-electron chi connectivity index (χ3n) is 6.45. The summed E-state index contributed by atoms with van der Waals surface area (Å²) >= 11 is 0. The zero-order valence-electron chi connectivity index (χ0n) is 18.6. The predicted molar refractivity (Wildman–Crippen MR) is 128 cm³/mol. The minimum atomic E-state index is -3.18. The Morgan fingerprint density at radius 1 is 1.15 bits per heavy atom. The molecule has 1 aliphatic carbocycles. The third-order valence-corrected chi connectivity index (χ3v) is 7.84. The number of sulfonamides is 1. The third kappa shape index (κ3) is 4.31. The number of nitrogens with one attached hydrogen (secondary N) is 3. The molecule has 2 fully saturated rings. The number of fused-ring (bicyclic) bond motifs is 1. The van der Waals surface area contributed by atoms with Crippen molar-refractivity contribution in [1.82, 2.24) is 30.0 Å². The van der Waals surface area contributed by atoms with Crippen molar-refractivity contribution in [2.24, 2.45) is 11.8 Å². The lowest BCUT2D eigenvalue weighted by Gasteiger charge is -2.21. The second-order valence-corrected chi connectivity index (χ2v) is 10.7. The van der Waals surface area contributed by atoms with Crippen molar-refractivity contribution in [3.05, 3.63) is 42.2 Å². The summed E-state index contributed by atoms with van der Waals surface area (Å²) in [6, 6.07) is 8.28. The van der Waals surface area contributed by atoms with E-state index in [9.17, 15) is 8.42 Å². The predicted octanol–water partition coefficient (Wildman–Crippen LogP) is 1.21. The maximum atomic E-state index is 11.8. The quantitative estimate of drug-likeness (QED) is 0.386. The molecule has 1 aliphatic heterocycles. The number of anilines is 2. The van der Waals surface area contributed by atoms with Crippen LogP contribution >= 0.6 is 0 Å².